The standard InChI is InChI=1S/C14H19BrFN3O2/c15-12-10(14(17)18-21)5-6-11(13(12)16)19(7-8-20)9-3-1-2-4-9/h5-6,9,20-21H,1-4,7-8H2,(H2,17,18). The second kappa shape index (κ2) is 7.09. The van der Waals surface area contributed by atoms with Gasteiger partial charge < -0.3 is 20.9 Å². The third-order valence-electron chi connectivity index (χ3n) is 3.86. The predicted octanol–water partition coefficient (Wildman–Crippen LogP) is 2.42. The van der Waals surface area contributed by atoms with Crippen molar-refractivity contribution in [2.75, 3.05) is 18.1 Å². The minimum absolute atomic E-state index is 0.0322. The molecule has 0 atom stereocenters. The van der Waals surface area contributed by atoms with Crippen molar-refractivity contribution >= 4 is 27.5 Å². The lowest BCUT2D eigenvalue weighted by Crippen LogP contribution is -2.36. The van der Waals surface area contributed by atoms with E-state index >= 15 is 0 Å². The Kier molecular flexibility index (Phi) is 5.41. The van der Waals surface area contributed by atoms with Crippen molar-refractivity contribution in [3.63, 3.8) is 0 Å². The molecule has 116 valence electrons. The molecule has 5 nitrogen and oxygen atoms in total. The van der Waals surface area contributed by atoms with Gasteiger partial charge in [0.25, 0.3) is 0 Å². The van der Waals surface area contributed by atoms with Gasteiger partial charge in [-0.2, -0.15) is 0 Å². The molecule has 2 rings (SSSR count). The molecule has 7 heteroatoms. The third kappa shape index (κ3) is 3.29. The Labute approximate surface area is 131 Å². The van der Waals surface area contributed by atoms with Crippen LogP contribution >= 0.6 is 15.9 Å². The number of anilines is 1. The molecule has 0 aromatic heterocycles. The molecule has 1 aliphatic rings. The Morgan fingerprint density at radius 3 is 2.67 bits per heavy atom. The fourth-order valence-electron chi connectivity index (χ4n) is 2.84. The molecule has 1 aromatic rings. The van der Waals surface area contributed by atoms with E-state index in [2.05, 4.69) is 21.1 Å². The van der Waals surface area contributed by atoms with Crippen LogP contribution in [0.3, 0.4) is 0 Å². The molecule has 0 saturated heterocycles. The normalized spacial score (nSPS) is 16.4. The Balaban J connectivity index is 2.39. The Morgan fingerprint density at radius 2 is 2.10 bits per heavy atom. The van der Waals surface area contributed by atoms with Gasteiger partial charge in [-0.3, -0.25) is 0 Å². The van der Waals surface area contributed by atoms with E-state index in [0.29, 0.717) is 17.8 Å². The summed E-state index contributed by atoms with van der Waals surface area (Å²) in [6, 6.07) is 3.46. The van der Waals surface area contributed by atoms with Crippen molar-refractivity contribution in [3.8, 4) is 0 Å². The first-order chi connectivity index (χ1) is 10.1. The molecular weight excluding hydrogens is 341 g/mol. The van der Waals surface area contributed by atoms with Crippen LogP contribution in [-0.2, 0) is 0 Å². The highest BCUT2D eigenvalue weighted by Crippen LogP contribution is 2.34. The van der Waals surface area contributed by atoms with E-state index in [0.717, 1.165) is 25.7 Å². The van der Waals surface area contributed by atoms with Gasteiger partial charge in [-0.05, 0) is 40.9 Å². The van der Waals surface area contributed by atoms with Crippen molar-refractivity contribution < 1.29 is 14.7 Å². The molecule has 1 aliphatic carbocycles. The number of amidine groups is 1. The van der Waals surface area contributed by atoms with Gasteiger partial charge in [-0.25, -0.2) is 4.39 Å². The SMILES string of the molecule is N/C(=N/O)c1ccc(N(CCO)C2CCCC2)c(F)c1Br. The largest absolute Gasteiger partial charge is 0.409 e. The van der Waals surface area contributed by atoms with Gasteiger partial charge in [-0.15, -0.1) is 0 Å². The molecule has 21 heavy (non-hydrogen) atoms. The van der Waals surface area contributed by atoms with Gasteiger partial charge in [-0.1, -0.05) is 18.0 Å². The number of halogens is 2. The Morgan fingerprint density at radius 1 is 1.43 bits per heavy atom. The zero-order valence-electron chi connectivity index (χ0n) is 11.6. The van der Waals surface area contributed by atoms with E-state index in [-0.39, 0.29) is 23.0 Å². The fourth-order valence-corrected chi connectivity index (χ4v) is 3.37. The average molecular weight is 360 g/mol. The maximum Gasteiger partial charge on any atom is 0.171 e. The molecule has 0 amide bonds. The zero-order chi connectivity index (χ0) is 15.4. The molecular formula is C14H19BrFN3O2. The van der Waals surface area contributed by atoms with E-state index < -0.39 is 5.82 Å². The number of benzene rings is 1. The lowest BCUT2D eigenvalue weighted by molar-refractivity contribution is 0.296. The highest BCUT2D eigenvalue weighted by atomic mass is 79.9. The van der Waals surface area contributed by atoms with Crippen LogP contribution in [0, 0.1) is 5.82 Å². The first-order valence-electron chi connectivity index (χ1n) is 6.93. The van der Waals surface area contributed by atoms with Crippen LogP contribution in [0.25, 0.3) is 0 Å². The number of oxime groups is 1. The van der Waals surface area contributed by atoms with Crippen molar-refractivity contribution in [2.45, 2.75) is 31.7 Å². The molecule has 0 spiro atoms. The van der Waals surface area contributed by atoms with E-state index in [1.165, 1.54) is 0 Å². The molecule has 0 radical (unpaired) electrons. The second-order valence-electron chi connectivity index (χ2n) is 5.10. The fraction of sp³-hybridized carbons (Fsp3) is 0.500. The first-order valence-corrected chi connectivity index (χ1v) is 7.72. The van der Waals surface area contributed by atoms with Gasteiger partial charge in [0.15, 0.2) is 11.7 Å². The van der Waals surface area contributed by atoms with Crippen LogP contribution in [0.5, 0.6) is 0 Å². The number of nitrogens with two attached hydrogens (primary N) is 1. The second-order valence-corrected chi connectivity index (χ2v) is 5.89. The predicted molar refractivity (Wildman–Crippen MR) is 83.3 cm³/mol. The zero-order valence-corrected chi connectivity index (χ0v) is 13.2. The number of aliphatic hydroxyl groups excluding tert-OH is 1. The van der Waals surface area contributed by atoms with E-state index in [1.807, 2.05) is 4.90 Å². The number of aliphatic hydroxyl groups is 1. The molecule has 0 bridgehead atoms. The lowest BCUT2D eigenvalue weighted by Gasteiger charge is -2.31. The van der Waals surface area contributed by atoms with Crippen molar-refractivity contribution in [1.29, 1.82) is 0 Å². The molecule has 0 heterocycles. The smallest absolute Gasteiger partial charge is 0.171 e. The van der Waals surface area contributed by atoms with Crippen molar-refractivity contribution in [3.05, 3.63) is 28.0 Å². The van der Waals surface area contributed by atoms with Gasteiger partial charge in [0, 0.05) is 18.2 Å². The van der Waals surface area contributed by atoms with Gasteiger partial charge in [0.05, 0.1) is 16.8 Å². The lowest BCUT2D eigenvalue weighted by atomic mass is 10.1. The number of hydrogen-bond donors (Lipinski definition) is 3. The summed E-state index contributed by atoms with van der Waals surface area (Å²) in [4.78, 5) is 1.91. The summed E-state index contributed by atoms with van der Waals surface area (Å²) in [6.45, 7) is 0.354. The topological polar surface area (TPSA) is 82.1 Å². The summed E-state index contributed by atoms with van der Waals surface area (Å²) in [5.41, 5.74) is 6.25. The summed E-state index contributed by atoms with van der Waals surface area (Å²) >= 11 is 3.16. The molecule has 4 N–H and O–H groups in total. The maximum absolute atomic E-state index is 14.6. The number of nitrogens with zero attached hydrogens (tertiary/aromatic N) is 2. The average Bonchev–Trinajstić information content (AvgIpc) is 3.01. The van der Waals surface area contributed by atoms with Crippen LogP contribution in [0.15, 0.2) is 21.8 Å². The van der Waals surface area contributed by atoms with Gasteiger partial charge in [0.1, 0.15) is 0 Å². The highest BCUT2D eigenvalue weighted by Gasteiger charge is 2.26. The first kappa shape index (κ1) is 16.0. The molecule has 0 aliphatic heterocycles. The van der Waals surface area contributed by atoms with Crippen LogP contribution in [0.4, 0.5) is 10.1 Å². The van der Waals surface area contributed by atoms with Crippen LogP contribution < -0.4 is 10.6 Å². The molecule has 1 fully saturated rings. The molecule has 1 saturated carbocycles. The van der Waals surface area contributed by atoms with E-state index in [4.69, 9.17) is 10.9 Å². The summed E-state index contributed by atoms with van der Waals surface area (Å²) < 4.78 is 14.8. The van der Waals surface area contributed by atoms with Crippen molar-refractivity contribution in [1.82, 2.24) is 0 Å². The summed E-state index contributed by atoms with van der Waals surface area (Å²) in [6.07, 6.45) is 4.24. The van der Waals surface area contributed by atoms with Crippen LogP contribution in [0.2, 0.25) is 0 Å². The minimum atomic E-state index is -0.459. The highest BCUT2D eigenvalue weighted by molar-refractivity contribution is 9.10. The van der Waals surface area contributed by atoms with E-state index in [1.54, 1.807) is 12.1 Å². The summed E-state index contributed by atoms with van der Waals surface area (Å²) in [5.74, 6) is -0.610. The Bertz CT molecular complexity index is 533. The van der Waals surface area contributed by atoms with Gasteiger partial charge >= 0.3 is 0 Å². The van der Waals surface area contributed by atoms with Gasteiger partial charge in [0.2, 0.25) is 0 Å². The summed E-state index contributed by atoms with van der Waals surface area (Å²) in [5, 5.41) is 20.9. The summed E-state index contributed by atoms with van der Waals surface area (Å²) in [7, 11) is 0. The quantitative estimate of drug-likeness (QED) is 0.326. The Hall–Kier alpha value is -1.34. The maximum atomic E-state index is 14.6. The molecule has 1 aromatic carbocycles. The van der Waals surface area contributed by atoms with Crippen LogP contribution in [-0.4, -0.2) is 35.3 Å². The van der Waals surface area contributed by atoms with Crippen LogP contribution in [0.1, 0.15) is 31.2 Å². The number of hydrogen-bond acceptors (Lipinski definition) is 4. The minimum Gasteiger partial charge on any atom is -0.409 e. The third-order valence-corrected chi connectivity index (χ3v) is 4.64. The molecule has 0 unspecified atom stereocenters. The van der Waals surface area contributed by atoms with Crippen molar-refractivity contribution in [2.24, 2.45) is 10.9 Å². The monoisotopic (exact) mass is 359 g/mol. The number of rotatable bonds is 5. The van der Waals surface area contributed by atoms with E-state index in [9.17, 15) is 9.50 Å².